The first-order valence-corrected chi connectivity index (χ1v) is 10.5. The van der Waals surface area contributed by atoms with Crippen LogP contribution in [0.4, 0.5) is 0 Å². The average molecular weight is 379 g/mol. The quantitative estimate of drug-likeness (QED) is 0.762. The maximum Gasteiger partial charge on any atom is 0.329 e. The second-order valence-electron chi connectivity index (χ2n) is 8.99. The summed E-state index contributed by atoms with van der Waals surface area (Å²) < 4.78 is 1.71. The van der Waals surface area contributed by atoms with Gasteiger partial charge in [0.05, 0.1) is 0 Å². The molecule has 3 atom stereocenters. The van der Waals surface area contributed by atoms with Crippen LogP contribution in [-0.2, 0) is 17.8 Å². The number of carboxylic acid groups (broad SMARTS) is 1. The van der Waals surface area contributed by atoms with Crippen molar-refractivity contribution < 1.29 is 14.7 Å². The topological polar surface area (TPSA) is 88.4 Å². The molecule has 0 aliphatic heterocycles. The fraction of sp³-hybridized carbons (Fsp3) is 0.682. The van der Waals surface area contributed by atoms with Crippen molar-refractivity contribution in [3.63, 3.8) is 0 Å². The van der Waals surface area contributed by atoms with E-state index >= 15 is 0 Å². The Bertz CT molecular complexity index is 842. The second kappa shape index (κ2) is 7.72. The first-order chi connectivity index (χ1) is 13.2. The summed E-state index contributed by atoms with van der Waals surface area (Å²) in [5.74, 6) is -0.774. The third kappa shape index (κ3) is 3.49. The van der Waals surface area contributed by atoms with Crippen molar-refractivity contribution in [3.05, 3.63) is 33.2 Å². The molecule has 28 heavy (non-hydrogen) atoms. The Morgan fingerprint density at radius 3 is 2.61 bits per heavy atom. The van der Waals surface area contributed by atoms with E-state index < -0.39 is 17.4 Å². The van der Waals surface area contributed by atoms with Crippen molar-refractivity contribution in [3.8, 4) is 0 Å². The Balaban J connectivity index is 1.95. The van der Waals surface area contributed by atoms with E-state index in [1.54, 1.807) is 10.6 Å². The summed E-state index contributed by atoms with van der Waals surface area (Å²) >= 11 is 0. The third-order valence-corrected chi connectivity index (χ3v) is 6.69. The highest BCUT2D eigenvalue weighted by Crippen LogP contribution is 2.51. The first-order valence-electron chi connectivity index (χ1n) is 10.5. The second-order valence-corrected chi connectivity index (χ2v) is 8.99. The van der Waals surface area contributed by atoms with Crippen LogP contribution in [0.5, 0.6) is 0 Å². The van der Waals surface area contributed by atoms with Crippen molar-refractivity contribution >= 4 is 11.9 Å². The lowest BCUT2D eigenvalue weighted by atomic mass is 2.89. The Hall–Kier alpha value is -2.11. The fourth-order valence-corrected chi connectivity index (χ4v) is 5.17. The molecular formula is C22H32N2O4. The van der Waals surface area contributed by atoms with Gasteiger partial charge < -0.3 is 15.0 Å². The van der Waals surface area contributed by atoms with Gasteiger partial charge in [-0.25, -0.2) is 4.79 Å². The lowest BCUT2D eigenvalue weighted by molar-refractivity contribution is -0.146. The predicted molar refractivity (Wildman–Crippen MR) is 108 cm³/mol. The molecule has 0 aromatic carbocycles. The van der Waals surface area contributed by atoms with Gasteiger partial charge in [-0.15, -0.1) is 0 Å². The Morgan fingerprint density at radius 1 is 1.39 bits per heavy atom. The third-order valence-electron chi connectivity index (χ3n) is 6.69. The van der Waals surface area contributed by atoms with Gasteiger partial charge in [0.25, 0.3) is 11.5 Å². The minimum atomic E-state index is -1.23. The van der Waals surface area contributed by atoms with Crippen LogP contribution in [0.2, 0.25) is 0 Å². The summed E-state index contributed by atoms with van der Waals surface area (Å²) in [5.41, 5.74) is 0.349. The van der Waals surface area contributed by atoms with Crippen LogP contribution >= 0.6 is 0 Å². The molecule has 6 heteroatoms. The van der Waals surface area contributed by atoms with Gasteiger partial charge in [-0.2, -0.15) is 0 Å². The summed E-state index contributed by atoms with van der Waals surface area (Å²) in [6, 6.07) is 1.63. The van der Waals surface area contributed by atoms with Crippen molar-refractivity contribution in [2.45, 2.75) is 78.3 Å². The van der Waals surface area contributed by atoms with Crippen molar-refractivity contribution in [2.75, 3.05) is 0 Å². The number of carboxylic acids is 1. The van der Waals surface area contributed by atoms with E-state index in [0.717, 1.165) is 36.9 Å². The van der Waals surface area contributed by atoms with E-state index in [-0.39, 0.29) is 17.0 Å². The lowest BCUT2D eigenvalue weighted by Gasteiger charge is -2.34. The number of carbonyl (C=O) groups excluding carboxylic acids is 1. The van der Waals surface area contributed by atoms with Gasteiger partial charge in [0.15, 0.2) is 0 Å². The summed E-state index contributed by atoms with van der Waals surface area (Å²) in [4.78, 5) is 38.3. The van der Waals surface area contributed by atoms with Gasteiger partial charge in [-0.1, -0.05) is 20.8 Å². The molecule has 3 rings (SSSR count). The molecule has 154 valence electrons. The van der Waals surface area contributed by atoms with Gasteiger partial charge >= 0.3 is 5.97 Å². The van der Waals surface area contributed by atoms with Gasteiger partial charge in [0, 0.05) is 12.2 Å². The molecule has 1 amide bonds. The zero-order valence-corrected chi connectivity index (χ0v) is 17.4. The highest BCUT2D eigenvalue weighted by atomic mass is 16.4. The molecule has 2 N–H and O–H groups in total. The number of nitrogens with zero attached hydrogens (tertiary/aromatic N) is 1. The number of amides is 1. The average Bonchev–Trinajstić information content (AvgIpc) is 3.23. The van der Waals surface area contributed by atoms with Crippen LogP contribution < -0.4 is 10.9 Å². The molecule has 3 unspecified atom stereocenters. The molecule has 1 heterocycles. The highest BCUT2D eigenvalue weighted by Gasteiger charge is 2.57. The molecular weight excluding hydrogens is 347 g/mol. The van der Waals surface area contributed by atoms with Crippen LogP contribution in [0.1, 0.15) is 74.5 Å². The van der Waals surface area contributed by atoms with Crippen LogP contribution in [-0.4, -0.2) is 27.1 Å². The number of aromatic nitrogens is 1. The standard InChI is InChI=1S/C22H32N2O4/c1-5-18-14(4)10-17(20(26)24(18)9-8-13(2)3)19(25)23-22(21(27)28)12-15-6-7-16(22)11-15/h10,13,15-16H,5-9,11-12H2,1-4H3,(H,23,25)(H,27,28)/i4-9. The number of hydrogen-bond acceptors (Lipinski definition) is 3. The fourth-order valence-electron chi connectivity index (χ4n) is 5.17. The SMILES string of the molecule is CCc1c([3CH3])cc(C(=O)NC2(C(=O)O)CC3CCC2C3)c(=O)n1CCC(C)C. The monoisotopic (exact) mass is 379 g/mol. The summed E-state index contributed by atoms with van der Waals surface area (Å²) in [5, 5.41) is 12.7. The van der Waals surface area contributed by atoms with Crippen LogP contribution in [0.15, 0.2) is 10.9 Å². The number of nitrogens with one attached hydrogen (secondary N) is 1. The minimum absolute atomic E-state index is 0.0434. The zero-order valence-electron chi connectivity index (χ0n) is 17.4. The van der Waals surface area contributed by atoms with Crippen LogP contribution in [0.3, 0.4) is 0 Å². The normalized spacial score (nSPS) is 26.0. The summed E-state index contributed by atoms with van der Waals surface area (Å²) in [6.07, 6.45) is 4.72. The Morgan fingerprint density at radius 2 is 2.11 bits per heavy atom. The molecule has 6 nitrogen and oxygen atoms in total. The minimum Gasteiger partial charge on any atom is -0.479 e. The number of pyridine rings is 1. The largest absolute Gasteiger partial charge is 0.479 e. The number of carbonyl (C=O) groups is 2. The number of fused-ring (bicyclic) bond motifs is 2. The molecule has 2 aliphatic carbocycles. The molecule has 2 bridgehead atoms. The maximum atomic E-state index is 13.1. The van der Waals surface area contributed by atoms with Crippen molar-refractivity contribution in [1.82, 2.24) is 9.88 Å². The van der Waals surface area contributed by atoms with Gasteiger partial charge in [-0.05, 0) is 74.8 Å². The summed E-state index contributed by atoms with van der Waals surface area (Å²) in [7, 11) is 0. The van der Waals surface area contributed by atoms with E-state index in [1.165, 1.54) is 0 Å². The van der Waals surface area contributed by atoms with E-state index in [9.17, 15) is 19.5 Å². The van der Waals surface area contributed by atoms with E-state index in [2.05, 4.69) is 19.2 Å². The smallest absolute Gasteiger partial charge is 0.329 e. The Kier molecular flexibility index (Phi) is 5.69. The predicted octanol–water partition coefficient (Wildman–Crippen LogP) is 3.14. The molecule has 1 aromatic rings. The van der Waals surface area contributed by atoms with Crippen LogP contribution in [0, 0.1) is 24.7 Å². The summed E-state index contributed by atoms with van der Waals surface area (Å²) in [6.45, 7) is 8.68. The van der Waals surface area contributed by atoms with Crippen molar-refractivity contribution in [2.24, 2.45) is 17.8 Å². The number of rotatable bonds is 7. The number of aryl methyl sites for hydroxylation is 1. The molecule has 2 saturated carbocycles. The molecule has 0 radical (unpaired) electrons. The molecule has 2 aliphatic rings. The molecule has 2 fully saturated rings. The van der Waals surface area contributed by atoms with E-state index in [4.69, 9.17) is 0 Å². The van der Waals surface area contributed by atoms with E-state index in [1.807, 2.05) is 13.8 Å². The number of hydrogen-bond donors (Lipinski definition) is 2. The highest BCUT2D eigenvalue weighted by molar-refractivity contribution is 5.98. The van der Waals surface area contributed by atoms with Gasteiger partial charge in [0.2, 0.25) is 0 Å². The van der Waals surface area contributed by atoms with Crippen LogP contribution in [0.25, 0.3) is 0 Å². The maximum absolute atomic E-state index is 13.1. The van der Waals surface area contributed by atoms with Gasteiger partial charge in [-0.3, -0.25) is 9.59 Å². The molecule has 0 spiro atoms. The number of aliphatic carboxylic acids is 1. The van der Waals surface area contributed by atoms with E-state index in [0.29, 0.717) is 31.2 Å². The molecule has 0 saturated heterocycles. The van der Waals surface area contributed by atoms with Gasteiger partial charge in [0.1, 0.15) is 11.1 Å². The van der Waals surface area contributed by atoms with Crippen molar-refractivity contribution in [1.29, 1.82) is 0 Å². The lowest BCUT2D eigenvalue weighted by Crippen LogP contribution is -2.58. The Labute approximate surface area is 166 Å². The zero-order chi connectivity index (χ0) is 20.6. The first kappa shape index (κ1) is 20.6. The molecule has 1 aromatic heterocycles.